The average Bonchev–Trinajstić information content (AvgIpc) is 1.97. The van der Waals surface area contributed by atoms with Crippen LogP contribution in [0.1, 0.15) is 45.4 Å². The van der Waals surface area contributed by atoms with Crippen LogP contribution in [0.4, 0.5) is 0 Å². The fourth-order valence-electron chi connectivity index (χ4n) is 1.02. The molecule has 0 aromatic heterocycles. The first-order valence-corrected chi connectivity index (χ1v) is 4.36. The highest BCUT2D eigenvalue weighted by molar-refractivity contribution is 4.60. The van der Waals surface area contributed by atoms with E-state index in [-0.39, 0.29) is 0 Å². The molecule has 0 aromatic rings. The Balaban J connectivity index is 3.00. The monoisotopic (exact) mass is 142 g/mol. The van der Waals surface area contributed by atoms with Gasteiger partial charge >= 0.3 is 0 Å². The molecule has 0 heterocycles. The fourth-order valence-corrected chi connectivity index (χ4v) is 1.02. The number of hydrogen-bond donors (Lipinski definition) is 1. The average molecular weight is 142 g/mol. The molecule has 1 atom stereocenters. The summed E-state index contributed by atoms with van der Waals surface area (Å²) in [6.45, 7) is 5.98. The summed E-state index contributed by atoms with van der Waals surface area (Å²) in [5.74, 6) is 0. The van der Waals surface area contributed by atoms with Gasteiger partial charge < -0.3 is 5.73 Å². The van der Waals surface area contributed by atoms with E-state index in [0.29, 0.717) is 6.04 Å². The molecule has 0 saturated carbocycles. The fraction of sp³-hybridized carbons (Fsp3) is 0.889. The Bertz CT molecular complexity index is 53.7. The van der Waals surface area contributed by atoms with Gasteiger partial charge in [-0.05, 0) is 12.8 Å². The standard InChI is InChI=1S/C9H20N/c1-3-5-7-9(10)8-6-4-2/h9H,1,3-8,10H2,2H3. The van der Waals surface area contributed by atoms with Gasteiger partial charge in [0.05, 0.1) is 0 Å². The van der Waals surface area contributed by atoms with Crippen molar-refractivity contribution in [2.45, 2.75) is 51.5 Å². The third-order valence-electron chi connectivity index (χ3n) is 1.75. The first-order chi connectivity index (χ1) is 4.81. The van der Waals surface area contributed by atoms with Crippen LogP contribution < -0.4 is 5.73 Å². The summed E-state index contributed by atoms with van der Waals surface area (Å²) in [5, 5.41) is 0. The quantitative estimate of drug-likeness (QED) is 0.606. The summed E-state index contributed by atoms with van der Waals surface area (Å²) in [4.78, 5) is 0. The van der Waals surface area contributed by atoms with Gasteiger partial charge in [0, 0.05) is 6.04 Å². The summed E-state index contributed by atoms with van der Waals surface area (Å²) < 4.78 is 0. The lowest BCUT2D eigenvalue weighted by molar-refractivity contribution is 0.525. The van der Waals surface area contributed by atoms with Crippen molar-refractivity contribution in [1.29, 1.82) is 0 Å². The summed E-state index contributed by atoms with van der Waals surface area (Å²) in [6.07, 6.45) is 7.10. The number of hydrogen-bond acceptors (Lipinski definition) is 1. The molecule has 0 fully saturated rings. The molecule has 10 heavy (non-hydrogen) atoms. The molecule has 1 radical (unpaired) electrons. The minimum absolute atomic E-state index is 0.432. The van der Waals surface area contributed by atoms with Gasteiger partial charge in [-0.2, -0.15) is 0 Å². The molecular formula is C9H20N. The molecule has 61 valence electrons. The number of unbranched alkanes of at least 4 members (excludes halogenated alkanes) is 2. The van der Waals surface area contributed by atoms with Crippen molar-refractivity contribution in [3.8, 4) is 0 Å². The van der Waals surface area contributed by atoms with Crippen molar-refractivity contribution in [2.24, 2.45) is 5.73 Å². The van der Waals surface area contributed by atoms with E-state index in [1.165, 1.54) is 25.7 Å². The zero-order valence-electron chi connectivity index (χ0n) is 7.10. The Hall–Kier alpha value is -0.0400. The Labute approximate surface area is 65.0 Å². The second-order valence-corrected chi connectivity index (χ2v) is 2.90. The molecule has 0 amide bonds. The molecule has 0 bridgehead atoms. The lowest BCUT2D eigenvalue weighted by Crippen LogP contribution is -2.19. The first kappa shape index (κ1) is 9.96. The number of rotatable bonds is 6. The van der Waals surface area contributed by atoms with Crippen molar-refractivity contribution >= 4 is 0 Å². The van der Waals surface area contributed by atoms with Gasteiger partial charge in [-0.15, -0.1) is 0 Å². The van der Waals surface area contributed by atoms with Crippen LogP contribution in [-0.2, 0) is 0 Å². The first-order valence-electron chi connectivity index (χ1n) is 4.36. The zero-order valence-corrected chi connectivity index (χ0v) is 7.10. The topological polar surface area (TPSA) is 26.0 Å². The van der Waals surface area contributed by atoms with Crippen LogP contribution in [0.3, 0.4) is 0 Å². The lowest BCUT2D eigenvalue weighted by Gasteiger charge is -2.08. The molecule has 1 nitrogen and oxygen atoms in total. The van der Waals surface area contributed by atoms with E-state index in [4.69, 9.17) is 5.73 Å². The molecule has 2 N–H and O–H groups in total. The van der Waals surface area contributed by atoms with Crippen LogP contribution >= 0.6 is 0 Å². The minimum atomic E-state index is 0.432. The second-order valence-electron chi connectivity index (χ2n) is 2.90. The maximum atomic E-state index is 5.82. The molecule has 0 spiro atoms. The van der Waals surface area contributed by atoms with E-state index < -0.39 is 0 Å². The molecule has 0 saturated heterocycles. The smallest absolute Gasteiger partial charge is 0.00388 e. The molecule has 1 unspecified atom stereocenters. The minimum Gasteiger partial charge on any atom is -0.328 e. The van der Waals surface area contributed by atoms with Crippen LogP contribution in [-0.4, -0.2) is 6.04 Å². The maximum Gasteiger partial charge on any atom is 0.00388 e. The van der Waals surface area contributed by atoms with E-state index in [1.54, 1.807) is 0 Å². The Morgan fingerprint density at radius 2 is 1.90 bits per heavy atom. The largest absolute Gasteiger partial charge is 0.328 e. The molecular weight excluding hydrogens is 122 g/mol. The third-order valence-corrected chi connectivity index (χ3v) is 1.75. The van der Waals surface area contributed by atoms with Crippen LogP contribution in [0, 0.1) is 6.92 Å². The normalized spacial score (nSPS) is 10.8. The maximum absolute atomic E-state index is 5.82. The van der Waals surface area contributed by atoms with Crippen LogP contribution in [0.15, 0.2) is 0 Å². The van der Waals surface area contributed by atoms with Crippen LogP contribution in [0.25, 0.3) is 0 Å². The highest BCUT2D eigenvalue weighted by Gasteiger charge is 1.99. The van der Waals surface area contributed by atoms with Crippen molar-refractivity contribution in [3.05, 3.63) is 6.92 Å². The van der Waals surface area contributed by atoms with E-state index in [0.717, 1.165) is 12.8 Å². The Morgan fingerprint density at radius 1 is 1.30 bits per heavy atom. The molecule has 0 rings (SSSR count). The van der Waals surface area contributed by atoms with Gasteiger partial charge in [-0.3, -0.25) is 0 Å². The predicted molar refractivity (Wildman–Crippen MR) is 46.7 cm³/mol. The van der Waals surface area contributed by atoms with Gasteiger partial charge in [0.15, 0.2) is 0 Å². The molecule has 0 aliphatic rings. The van der Waals surface area contributed by atoms with Crippen molar-refractivity contribution < 1.29 is 0 Å². The Morgan fingerprint density at radius 3 is 2.40 bits per heavy atom. The molecule has 0 aliphatic carbocycles. The SMILES string of the molecule is [CH2]CCCC(N)CCCC. The second kappa shape index (κ2) is 7.07. The number of nitrogens with two attached hydrogens (primary N) is 1. The van der Waals surface area contributed by atoms with Crippen molar-refractivity contribution in [2.75, 3.05) is 0 Å². The summed E-state index contributed by atoms with van der Waals surface area (Å²) in [6, 6.07) is 0.432. The highest BCUT2D eigenvalue weighted by Crippen LogP contribution is 2.05. The summed E-state index contributed by atoms with van der Waals surface area (Å²) in [7, 11) is 0. The van der Waals surface area contributed by atoms with Gasteiger partial charge in [-0.1, -0.05) is 39.5 Å². The third kappa shape index (κ3) is 6.09. The lowest BCUT2D eigenvalue weighted by atomic mass is 10.1. The predicted octanol–water partition coefficient (Wildman–Crippen LogP) is 2.51. The molecule has 0 aliphatic heterocycles. The van der Waals surface area contributed by atoms with Crippen molar-refractivity contribution in [1.82, 2.24) is 0 Å². The van der Waals surface area contributed by atoms with E-state index in [2.05, 4.69) is 13.8 Å². The van der Waals surface area contributed by atoms with Gasteiger partial charge in [0.25, 0.3) is 0 Å². The van der Waals surface area contributed by atoms with Gasteiger partial charge in [0.2, 0.25) is 0 Å². The summed E-state index contributed by atoms with van der Waals surface area (Å²) in [5.41, 5.74) is 5.82. The zero-order chi connectivity index (χ0) is 7.82. The van der Waals surface area contributed by atoms with E-state index in [1.807, 2.05) is 0 Å². The van der Waals surface area contributed by atoms with E-state index in [9.17, 15) is 0 Å². The molecule has 1 heteroatoms. The van der Waals surface area contributed by atoms with Crippen LogP contribution in [0.2, 0.25) is 0 Å². The molecule has 0 aromatic carbocycles. The summed E-state index contributed by atoms with van der Waals surface area (Å²) >= 11 is 0. The van der Waals surface area contributed by atoms with Crippen LogP contribution in [0.5, 0.6) is 0 Å². The van der Waals surface area contributed by atoms with Gasteiger partial charge in [-0.25, -0.2) is 0 Å². The highest BCUT2D eigenvalue weighted by atomic mass is 14.6. The van der Waals surface area contributed by atoms with E-state index >= 15 is 0 Å². The van der Waals surface area contributed by atoms with Gasteiger partial charge in [0.1, 0.15) is 0 Å². The van der Waals surface area contributed by atoms with Crippen molar-refractivity contribution in [3.63, 3.8) is 0 Å². The Kier molecular flexibility index (Phi) is 7.04.